The molecule has 0 aliphatic rings. The molecule has 0 atom stereocenters. The van der Waals surface area contributed by atoms with Gasteiger partial charge in [-0.25, -0.2) is 4.79 Å². The van der Waals surface area contributed by atoms with E-state index in [2.05, 4.69) is 10.1 Å². The first kappa shape index (κ1) is 18.2. The number of rotatable bonds is 7. The van der Waals surface area contributed by atoms with Crippen LogP contribution in [0.4, 0.5) is 0 Å². The van der Waals surface area contributed by atoms with E-state index in [1.54, 1.807) is 26.4 Å². The number of ether oxygens (including phenoxy) is 3. The highest BCUT2D eigenvalue weighted by molar-refractivity contribution is 5.87. The Labute approximate surface area is 156 Å². The van der Waals surface area contributed by atoms with Crippen molar-refractivity contribution in [3.63, 3.8) is 0 Å². The molecule has 3 rings (SSSR count). The molecule has 7 heteroatoms. The van der Waals surface area contributed by atoms with Crippen molar-refractivity contribution in [3.05, 3.63) is 66.1 Å². The smallest absolute Gasteiger partial charge is 0.331 e. The first-order valence-corrected chi connectivity index (χ1v) is 8.14. The highest BCUT2D eigenvalue weighted by Gasteiger charge is 2.11. The van der Waals surface area contributed by atoms with Gasteiger partial charge in [-0.15, -0.1) is 0 Å². The molecule has 0 amide bonds. The molecule has 2 aromatic carbocycles. The summed E-state index contributed by atoms with van der Waals surface area (Å²) in [7, 11) is 3.17. The average molecular weight is 366 g/mol. The van der Waals surface area contributed by atoms with Gasteiger partial charge in [0.2, 0.25) is 5.82 Å². The zero-order chi connectivity index (χ0) is 19.1. The van der Waals surface area contributed by atoms with E-state index in [-0.39, 0.29) is 12.5 Å². The number of benzene rings is 2. The van der Waals surface area contributed by atoms with Gasteiger partial charge in [0.05, 0.1) is 14.2 Å². The molecule has 0 radical (unpaired) electrons. The van der Waals surface area contributed by atoms with Crippen LogP contribution in [0, 0.1) is 0 Å². The number of carbonyl (C=O) groups is 1. The first-order valence-electron chi connectivity index (χ1n) is 8.14. The lowest BCUT2D eigenvalue weighted by Gasteiger charge is -2.00. The van der Waals surface area contributed by atoms with Gasteiger partial charge in [0.15, 0.2) is 6.61 Å². The molecule has 0 saturated heterocycles. The Morgan fingerprint density at radius 2 is 1.81 bits per heavy atom. The van der Waals surface area contributed by atoms with Crippen LogP contribution in [0.15, 0.2) is 59.1 Å². The first-order chi connectivity index (χ1) is 13.2. The van der Waals surface area contributed by atoms with Crippen molar-refractivity contribution in [1.29, 1.82) is 0 Å². The molecule has 1 aromatic heterocycles. The number of carbonyl (C=O) groups excluding carboxylic acids is 1. The van der Waals surface area contributed by atoms with Gasteiger partial charge in [-0.1, -0.05) is 29.4 Å². The summed E-state index contributed by atoms with van der Waals surface area (Å²) in [5.74, 6) is 1.48. The minimum Gasteiger partial charge on any atom is -0.497 e. The largest absolute Gasteiger partial charge is 0.497 e. The molecule has 138 valence electrons. The van der Waals surface area contributed by atoms with Crippen molar-refractivity contribution >= 4 is 12.0 Å². The molecule has 0 fully saturated rings. The standard InChI is InChI=1S/C20H18N2O5/c1-24-16-7-3-5-14(11-16)9-10-19(23)26-13-18-21-20(22-27-18)15-6-4-8-17(12-15)25-2/h3-12H,13H2,1-2H3/b10-9+. The Morgan fingerprint density at radius 3 is 2.59 bits per heavy atom. The maximum atomic E-state index is 11.9. The number of esters is 1. The van der Waals surface area contributed by atoms with Gasteiger partial charge in [0, 0.05) is 11.6 Å². The van der Waals surface area contributed by atoms with E-state index in [1.807, 2.05) is 42.5 Å². The van der Waals surface area contributed by atoms with Gasteiger partial charge in [-0.3, -0.25) is 0 Å². The van der Waals surface area contributed by atoms with Crippen LogP contribution in [0.2, 0.25) is 0 Å². The van der Waals surface area contributed by atoms with Crippen LogP contribution in [0.25, 0.3) is 17.5 Å². The summed E-state index contributed by atoms with van der Waals surface area (Å²) in [6, 6.07) is 14.6. The van der Waals surface area contributed by atoms with Crippen molar-refractivity contribution in [1.82, 2.24) is 10.1 Å². The van der Waals surface area contributed by atoms with Crippen molar-refractivity contribution in [2.24, 2.45) is 0 Å². The van der Waals surface area contributed by atoms with Gasteiger partial charge >= 0.3 is 5.97 Å². The molecule has 0 saturated carbocycles. The molecule has 7 nitrogen and oxygen atoms in total. The molecular weight excluding hydrogens is 348 g/mol. The van der Waals surface area contributed by atoms with E-state index < -0.39 is 5.97 Å². The Bertz CT molecular complexity index is 949. The predicted octanol–water partition coefficient (Wildman–Crippen LogP) is 3.51. The summed E-state index contributed by atoms with van der Waals surface area (Å²) in [6.45, 7) is -0.113. The Hall–Kier alpha value is -3.61. The summed E-state index contributed by atoms with van der Waals surface area (Å²) < 4.78 is 20.5. The third-order valence-corrected chi connectivity index (χ3v) is 3.64. The molecule has 0 aliphatic heterocycles. The fourth-order valence-corrected chi connectivity index (χ4v) is 2.28. The summed E-state index contributed by atoms with van der Waals surface area (Å²) in [5, 5.41) is 3.89. The normalized spacial score (nSPS) is 10.7. The summed E-state index contributed by atoms with van der Waals surface area (Å²) in [6.07, 6.45) is 2.97. The van der Waals surface area contributed by atoms with E-state index >= 15 is 0 Å². The molecule has 0 spiro atoms. The molecule has 27 heavy (non-hydrogen) atoms. The van der Waals surface area contributed by atoms with Crippen LogP contribution in [0.1, 0.15) is 11.5 Å². The second-order valence-electron chi connectivity index (χ2n) is 5.46. The Kier molecular flexibility index (Phi) is 5.84. The van der Waals surface area contributed by atoms with Crippen molar-refractivity contribution < 1.29 is 23.5 Å². The Morgan fingerprint density at radius 1 is 1.07 bits per heavy atom. The van der Waals surface area contributed by atoms with E-state index in [0.717, 1.165) is 11.1 Å². The zero-order valence-corrected chi connectivity index (χ0v) is 14.9. The van der Waals surface area contributed by atoms with Crippen LogP contribution >= 0.6 is 0 Å². The van der Waals surface area contributed by atoms with Crippen LogP contribution in [0.3, 0.4) is 0 Å². The van der Waals surface area contributed by atoms with E-state index in [1.165, 1.54) is 6.08 Å². The molecule has 1 heterocycles. The average Bonchev–Trinajstić information content (AvgIpc) is 3.20. The lowest BCUT2D eigenvalue weighted by molar-refractivity contribution is -0.139. The minimum absolute atomic E-state index is 0.113. The molecule has 0 unspecified atom stereocenters. The second-order valence-corrected chi connectivity index (χ2v) is 5.46. The van der Waals surface area contributed by atoms with Gasteiger partial charge < -0.3 is 18.7 Å². The van der Waals surface area contributed by atoms with Crippen LogP contribution < -0.4 is 9.47 Å². The van der Waals surface area contributed by atoms with Crippen LogP contribution in [-0.4, -0.2) is 30.3 Å². The number of aromatic nitrogens is 2. The SMILES string of the molecule is COc1cccc(/C=C/C(=O)OCc2nc(-c3cccc(OC)c3)no2)c1. The maximum absolute atomic E-state index is 11.9. The van der Waals surface area contributed by atoms with Crippen molar-refractivity contribution in [2.45, 2.75) is 6.61 Å². The van der Waals surface area contributed by atoms with Crippen molar-refractivity contribution in [3.8, 4) is 22.9 Å². The van der Waals surface area contributed by atoms with Gasteiger partial charge in [0.1, 0.15) is 11.5 Å². The van der Waals surface area contributed by atoms with Gasteiger partial charge in [0.25, 0.3) is 5.89 Å². The molecule has 3 aromatic rings. The maximum Gasteiger partial charge on any atom is 0.331 e. The predicted molar refractivity (Wildman–Crippen MR) is 98.1 cm³/mol. The third kappa shape index (κ3) is 4.94. The molecule has 0 N–H and O–H groups in total. The number of nitrogens with zero attached hydrogens (tertiary/aromatic N) is 2. The summed E-state index contributed by atoms with van der Waals surface area (Å²) >= 11 is 0. The summed E-state index contributed by atoms with van der Waals surface area (Å²) in [5.41, 5.74) is 1.57. The molecular formula is C20H18N2O5. The third-order valence-electron chi connectivity index (χ3n) is 3.64. The number of hydrogen-bond donors (Lipinski definition) is 0. The quantitative estimate of drug-likeness (QED) is 0.467. The lowest BCUT2D eigenvalue weighted by atomic mass is 10.2. The Balaban J connectivity index is 1.57. The molecule has 0 bridgehead atoms. The monoisotopic (exact) mass is 366 g/mol. The highest BCUT2D eigenvalue weighted by Crippen LogP contribution is 2.21. The minimum atomic E-state index is -0.515. The highest BCUT2D eigenvalue weighted by atomic mass is 16.6. The fraction of sp³-hybridized carbons (Fsp3) is 0.150. The van der Waals surface area contributed by atoms with E-state index in [9.17, 15) is 4.79 Å². The van der Waals surface area contributed by atoms with Crippen LogP contribution in [0.5, 0.6) is 11.5 Å². The number of methoxy groups -OCH3 is 2. The topological polar surface area (TPSA) is 83.7 Å². The van der Waals surface area contributed by atoms with Gasteiger partial charge in [-0.05, 0) is 35.9 Å². The van der Waals surface area contributed by atoms with Crippen LogP contribution in [-0.2, 0) is 16.1 Å². The van der Waals surface area contributed by atoms with E-state index in [0.29, 0.717) is 17.3 Å². The lowest BCUT2D eigenvalue weighted by Crippen LogP contribution is -2.01. The second kappa shape index (κ2) is 8.66. The number of hydrogen-bond acceptors (Lipinski definition) is 7. The summed E-state index contributed by atoms with van der Waals surface area (Å²) in [4.78, 5) is 16.1. The van der Waals surface area contributed by atoms with Crippen molar-refractivity contribution in [2.75, 3.05) is 14.2 Å². The molecule has 0 aliphatic carbocycles. The fourth-order valence-electron chi connectivity index (χ4n) is 2.28. The van der Waals surface area contributed by atoms with E-state index in [4.69, 9.17) is 18.7 Å². The zero-order valence-electron chi connectivity index (χ0n) is 14.9. The van der Waals surface area contributed by atoms with Gasteiger partial charge in [-0.2, -0.15) is 4.98 Å².